The summed E-state index contributed by atoms with van der Waals surface area (Å²) >= 11 is 0. The molecule has 2 saturated heterocycles. The number of hydrogen-bond acceptors (Lipinski definition) is 15. The lowest BCUT2D eigenvalue weighted by molar-refractivity contribution is -0.293. The average Bonchev–Trinajstić information content (AvgIpc) is 3.16. The van der Waals surface area contributed by atoms with Crippen molar-refractivity contribution in [2.45, 2.75) is 62.4 Å². The molecular weight excluding hydrogens is 560 g/mol. The Morgan fingerprint density at radius 3 is 2.45 bits per heavy atom. The van der Waals surface area contributed by atoms with Crippen LogP contribution in [0.25, 0.3) is 0 Å². The summed E-state index contributed by atoms with van der Waals surface area (Å²) in [5.41, 5.74) is -1.25. The molecule has 3 heterocycles. The lowest BCUT2D eigenvalue weighted by atomic mass is 9.95. The van der Waals surface area contributed by atoms with Crippen LogP contribution in [0.4, 0.5) is 0 Å². The Morgan fingerprint density at radius 2 is 1.84 bits per heavy atom. The standard InChI is InChI=1S/C18H31N3O15P2/c1-8-5-21(18(27)19-16(8)26)12-4-9(23)11(33-12)7-32-37(28,29)36-38(30,31)35-17-15(25)13(20(2)3)14(24)10(6-22)34-17/h5,9-15,17,22-25H,4,6-7H2,1-3H3,(H,28,29)(H,30,31)(H,19,26,27)/p-1. The number of phosphoric acid groups is 2. The van der Waals surface area contributed by atoms with Crippen LogP contribution >= 0.6 is 15.6 Å². The molecule has 18 nitrogen and oxygen atoms in total. The number of likely N-dealkylation sites (N-methyl/N-ethyl adjacent to an activating group) is 1. The molecule has 38 heavy (non-hydrogen) atoms. The molecule has 2 aliphatic rings. The molecule has 10 atom stereocenters. The number of H-pyrrole nitrogens is 1. The zero-order valence-electron chi connectivity index (χ0n) is 20.4. The van der Waals surface area contributed by atoms with E-state index < -0.39 is 89.2 Å². The first-order valence-corrected chi connectivity index (χ1v) is 14.1. The minimum absolute atomic E-state index is 0.166. The van der Waals surface area contributed by atoms with Crippen molar-refractivity contribution in [2.75, 3.05) is 27.3 Å². The smallest absolute Gasteiger partial charge is 0.478 e. The van der Waals surface area contributed by atoms with Crippen LogP contribution in [0.5, 0.6) is 0 Å². The Hall–Kier alpha value is -1.34. The van der Waals surface area contributed by atoms with E-state index >= 15 is 0 Å². The van der Waals surface area contributed by atoms with Crippen LogP contribution in [0.15, 0.2) is 15.8 Å². The summed E-state index contributed by atoms with van der Waals surface area (Å²) in [7, 11) is -8.23. The van der Waals surface area contributed by atoms with Crippen LogP contribution in [0.2, 0.25) is 0 Å². The molecule has 20 heteroatoms. The molecule has 0 bridgehead atoms. The van der Waals surface area contributed by atoms with Gasteiger partial charge >= 0.3 is 13.5 Å². The Labute approximate surface area is 215 Å². The quantitative estimate of drug-likeness (QED) is 0.144. The van der Waals surface area contributed by atoms with Crippen LogP contribution in [0, 0.1) is 6.92 Å². The summed E-state index contributed by atoms with van der Waals surface area (Å²) in [5, 5.41) is 40.2. The molecule has 6 N–H and O–H groups in total. The third-order valence-corrected chi connectivity index (χ3v) is 8.51. The number of ether oxygens (including phenoxy) is 2. The van der Waals surface area contributed by atoms with E-state index in [0.29, 0.717) is 0 Å². The number of aryl methyl sites for hydroxylation is 1. The molecule has 0 aromatic carbocycles. The molecule has 3 rings (SSSR count). The number of aromatic amines is 1. The summed E-state index contributed by atoms with van der Waals surface area (Å²) in [6.07, 6.45) is -9.24. The van der Waals surface area contributed by atoms with Gasteiger partial charge in [0.05, 0.1) is 25.4 Å². The predicted molar refractivity (Wildman–Crippen MR) is 121 cm³/mol. The van der Waals surface area contributed by atoms with E-state index in [-0.39, 0.29) is 12.0 Å². The van der Waals surface area contributed by atoms with Crippen LogP contribution in [0.1, 0.15) is 18.2 Å². The highest BCUT2D eigenvalue weighted by molar-refractivity contribution is 7.60. The highest BCUT2D eigenvalue weighted by atomic mass is 31.3. The van der Waals surface area contributed by atoms with Gasteiger partial charge in [-0.3, -0.25) is 28.0 Å². The number of aliphatic hydroxyl groups is 4. The molecule has 1 aromatic heterocycles. The molecule has 10 unspecified atom stereocenters. The Kier molecular flexibility index (Phi) is 9.88. The summed E-state index contributed by atoms with van der Waals surface area (Å²) in [4.78, 5) is 49.2. The fraction of sp³-hybridized carbons (Fsp3) is 0.778. The fourth-order valence-electron chi connectivity index (χ4n) is 4.07. The van der Waals surface area contributed by atoms with Gasteiger partial charge in [0, 0.05) is 18.2 Å². The highest BCUT2D eigenvalue weighted by Crippen LogP contribution is 2.59. The number of nitrogens with zero attached hydrogens (tertiary/aromatic N) is 2. The van der Waals surface area contributed by atoms with Crippen LogP contribution < -0.4 is 16.1 Å². The van der Waals surface area contributed by atoms with Crippen LogP contribution in [0.3, 0.4) is 0 Å². The first-order valence-electron chi connectivity index (χ1n) is 11.2. The predicted octanol–water partition coefficient (Wildman–Crippen LogP) is -3.52. The van der Waals surface area contributed by atoms with Crippen molar-refractivity contribution in [2.24, 2.45) is 0 Å². The molecule has 2 aliphatic heterocycles. The Morgan fingerprint density at radius 1 is 1.18 bits per heavy atom. The SMILES string of the molecule is Cc1cn(C2CC(O)C(COP(=O)(O)OP(=O)([O-])OC3OC(CO)C(O)C(N(C)C)C3O)O2)c(=O)[nH]c1=O. The average molecular weight is 590 g/mol. The second kappa shape index (κ2) is 12.0. The fourth-order valence-corrected chi connectivity index (χ4v) is 6.18. The van der Waals surface area contributed by atoms with Gasteiger partial charge in [-0.1, -0.05) is 0 Å². The van der Waals surface area contributed by atoms with Gasteiger partial charge in [0.1, 0.15) is 30.6 Å². The minimum atomic E-state index is -5.72. The topological polar surface area (TPSA) is 263 Å². The number of aromatic nitrogens is 2. The van der Waals surface area contributed by atoms with Crippen molar-refractivity contribution in [1.29, 1.82) is 0 Å². The Bertz CT molecular complexity index is 1190. The van der Waals surface area contributed by atoms with E-state index in [1.54, 1.807) is 0 Å². The maximum absolute atomic E-state index is 12.3. The summed E-state index contributed by atoms with van der Waals surface area (Å²) in [5.74, 6) is 0. The summed E-state index contributed by atoms with van der Waals surface area (Å²) in [6.45, 7) is -0.181. The molecule has 0 aliphatic carbocycles. The molecular formula is C18H30N3O15P2-. The largest absolute Gasteiger partial charge is 0.756 e. The molecule has 0 saturated carbocycles. The Balaban J connectivity index is 1.62. The molecule has 0 spiro atoms. The van der Waals surface area contributed by atoms with Crippen molar-refractivity contribution in [1.82, 2.24) is 14.5 Å². The maximum atomic E-state index is 12.3. The summed E-state index contributed by atoms with van der Waals surface area (Å²) in [6, 6.07) is -1.14. The molecule has 1 aromatic rings. The first-order chi connectivity index (χ1) is 17.5. The van der Waals surface area contributed by atoms with Crippen LogP contribution in [-0.4, -0.2) is 110 Å². The molecule has 0 radical (unpaired) electrons. The zero-order valence-corrected chi connectivity index (χ0v) is 22.2. The van der Waals surface area contributed by atoms with E-state index in [1.807, 2.05) is 0 Å². The van der Waals surface area contributed by atoms with Gasteiger partial charge in [-0.05, 0) is 21.0 Å². The van der Waals surface area contributed by atoms with Crippen molar-refractivity contribution in [3.8, 4) is 0 Å². The second-order valence-corrected chi connectivity index (χ2v) is 11.9. The first kappa shape index (κ1) is 31.2. The monoisotopic (exact) mass is 590 g/mol. The van der Waals surface area contributed by atoms with Crippen LogP contribution in [-0.2, 0) is 32.0 Å². The van der Waals surface area contributed by atoms with Gasteiger partial charge in [-0.2, -0.15) is 0 Å². The maximum Gasteiger partial charge on any atom is 0.478 e. The van der Waals surface area contributed by atoms with Gasteiger partial charge in [-0.15, -0.1) is 0 Å². The number of nitrogens with one attached hydrogen (secondary N) is 1. The highest BCUT2D eigenvalue weighted by Gasteiger charge is 2.48. The number of rotatable bonds is 10. The lowest BCUT2D eigenvalue weighted by Gasteiger charge is -2.45. The van der Waals surface area contributed by atoms with Crippen molar-refractivity contribution >= 4 is 15.6 Å². The van der Waals surface area contributed by atoms with Gasteiger partial charge in [0.25, 0.3) is 13.4 Å². The second-order valence-electron chi connectivity index (χ2n) is 8.97. The van der Waals surface area contributed by atoms with Gasteiger partial charge < -0.3 is 44.6 Å². The van der Waals surface area contributed by atoms with E-state index in [1.165, 1.54) is 32.1 Å². The van der Waals surface area contributed by atoms with E-state index in [4.69, 9.17) is 9.47 Å². The third-order valence-electron chi connectivity index (χ3n) is 5.94. The van der Waals surface area contributed by atoms with Crippen molar-refractivity contribution in [3.05, 3.63) is 32.6 Å². The third kappa shape index (κ3) is 7.24. The normalized spacial score (nSPS) is 35.2. The molecule has 0 amide bonds. The number of phosphoric ester groups is 2. The molecule has 218 valence electrons. The van der Waals surface area contributed by atoms with Crippen molar-refractivity contribution < 1.29 is 62.2 Å². The van der Waals surface area contributed by atoms with Gasteiger partial charge in [0.15, 0.2) is 6.29 Å². The lowest BCUT2D eigenvalue weighted by Crippen LogP contribution is -2.63. The van der Waals surface area contributed by atoms with Crippen molar-refractivity contribution in [3.63, 3.8) is 0 Å². The molecule has 2 fully saturated rings. The van der Waals surface area contributed by atoms with Gasteiger partial charge in [-0.25, -0.2) is 13.7 Å². The van der Waals surface area contributed by atoms with E-state index in [0.717, 1.165) is 4.57 Å². The zero-order chi connectivity index (χ0) is 28.6. The number of hydrogen-bond donors (Lipinski definition) is 6. The van der Waals surface area contributed by atoms with E-state index in [9.17, 15) is 48.9 Å². The number of aliphatic hydroxyl groups excluding tert-OH is 4. The van der Waals surface area contributed by atoms with Gasteiger partial charge in [0.2, 0.25) is 0 Å². The summed E-state index contributed by atoms with van der Waals surface area (Å²) < 4.78 is 49.4. The minimum Gasteiger partial charge on any atom is -0.756 e. The van der Waals surface area contributed by atoms with E-state index in [2.05, 4.69) is 18.3 Å².